The zero-order valence-electron chi connectivity index (χ0n) is 15.4. The minimum atomic E-state index is -4.57. The van der Waals surface area contributed by atoms with E-state index in [2.05, 4.69) is 9.46 Å². The lowest BCUT2D eigenvalue weighted by atomic mass is 10.1. The maximum absolute atomic E-state index is 12.5. The molecule has 0 heterocycles. The lowest BCUT2D eigenvalue weighted by Gasteiger charge is -2.16. The molecule has 12 heteroatoms. The van der Waals surface area contributed by atoms with Gasteiger partial charge in [-0.25, -0.2) is 13.1 Å². The summed E-state index contributed by atoms with van der Waals surface area (Å²) < 4.78 is 92.7. The Kier molecular flexibility index (Phi) is 7.37. The van der Waals surface area contributed by atoms with Gasteiger partial charge in [-0.1, -0.05) is 12.1 Å². The van der Waals surface area contributed by atoms with Crippen LogP contribution in [0.15, 0.2) is 53.4 Å². The maximum Gasteiger partial charge on any atom is 0.405 e. The molecule has 2 rings (SSSR count). The fraction of sp³-hybridized carbons (Fsp3) is 0.278. The standard InChI is InChI=1S/C18H17F5N2O4S/c1-11(13-3-2-4-14(9-13)29-17(19)20)25-30(27,28)15-7-5-12(6-8-15)16(26)24-10-18(21,22)23/h2-9,11,17,25H,10H2,1H3,(H,24,26). The third-order valence-electron chi connectivity index (χ3n) is 3.79. The quantitative estimate of drug-likeness (QED) is 0.600. The topological polar surface area (TPSA) is 84.5 Å². The van der Waals surface area contributed by atoms with E-state index >= 15 is 0 Å². The monoisotopic (exact) mass is 452 g/mol. The molecular formula is C18H17F5N2O4S. The van der Waals surface area contributed by atoms with E-state index in [0.29, 0.717) is 5.56 Å². The molecule has 2 aromatic carbocycles. The van der Waals surface area contributed by atoms with E-state index in [0.717, 1.165) is 24.3 Å². The Morgan fingerprint density at radius 2 is 1.73 bits per heavy atom. The van der Waals surface area contributed by atoms with Gasteiger partial charge in [-0.05, 0) is 48.9 Å². The van der Waals surface area contributed by atoms with Crippen LogP contribution in [-0.2, 0) is 10.0 Å². The first-order valence-corrected chi connectivity index (χ1v) is 9.88. The molecule has 1 atom stereocenters. The Hall–Kier alpha value is -2.73. The number of hydrogen-bond donors (Lipinski definition) is 2. The number of rotatable bonds is 8. The fourth-order valence-electron chi connectivity index (χ4n) is 2.40. The van der Waals surface area contributed by atoms with Crippen LogP contribution in [-0.4, -0.2) is 33.7 Å². The van der Waals surface area contributed by atoms with Crippen LogP contribution in [0.25, 0.3) is 0 Å². The van der Waals surface area contributed by atoms with Gasteiger partial charge in [0.1, 0.15) is 12.3 Å². The molecule has 1 amide bonds. The molecule has 6 nitrogen and oxygen atoms in total. The Morgan fingerprint density at radius 3 is 2.30 bits per heavy atom. The van der Waals surface area contributed by atoms with Gasteiger partial charge in [0, 0.05) is 11.6 Å². The van der Waals surface area contributed by atoms with Crippen LogP contribution in [0.4, 0.5) is 22.0 Å². The summed E-state index contributed by atoms with van der Waals surface area (Å²) in [6.45, 7) is -3.06. The van der Waals surface area contributed by atoms with E-state index in [4.69, 9.17) is 0 Å². The smallest absolute Gasteiger partial charge is 0.405 e. The van der Waals surface area contributed by atoms with Crippen molar-refractivity contribution < 1.29 is 39.9 Å². The SMILES string of the molecule is CC(NS(=O)(=O)c1ccc(C(=O)NCC(F)(F)F)cc1)c1cccc(OC(F)F)c1. The van der Waals surface area contributed by atoms with Gasteiger partial charge < -0.3 is 10.1 Å². The van der Waals surface area contributed by atoms with E-state index in [-0.39, 0.29) is 16.2 Å². The van der Waals surface area contributed by atoms with Gasteiger partial charge in [-0.2, -0.15) is 22.0 Å². The molecule has 2 aromatic rings. The van der Waals surface area contributed by atoms with Crippen molar-refractivity contribution in [3.05, 3.63) is 59.7 Å². The zero-order valence-corrected chi connectivity index (χ0v) is 16.2. The van der Waals surface area contributed by atoms with Crippen LogP contribution in [0.1, 0.15) is 28.9 Å². The van der Waals surface area contributed by atoms with Gasteiger partial charge >= 0.3 is 12.8 Å². The van der Waals surface area contributed by atoms with E-state index < -0.39 is 41.3 Å². The predicted molar refractivity (Wildman–Crippen MR) is 96.6 cm³/mol. The summed E-state index contributed by atoms with van der Waals surface area (Å²) >= 11 is 0. The van der Waals surface area contributed by atoms with E-state index in [1.165, 1.54) is 31.2 Å². The first kappa shape index (κ1) is 23.5. The highest BCUT2D eigenvalue weighted by molar-refractivity contribution is 7.89. The van der Waals surface area contributed by atoms with Crippen LogP contribution in [0, 0.1) is 0 Å². The predicted octanol–water partition coefficient (Wildman–Crippen LogP) is 3.62. The highest BCUT2D eigenvalue weighted by Crippen LogP contribution is 2.22. The van der Waals surface area contributed by atoms with Crippen LogP contribution in [0.5, 0.6) is 5.75 Å². The van der Waals surface area contributed by atoms with E-state index in [1.807, 2.05) is 0 Å². The van der Waals surface area contributed by atoms with Crippen LogP contribution in [0.2, 0.25) is 0 Å². The highest BCUT2D eigenvalue weighted by Gasteiger charge is 2.28. The molecule has 0 aromatic heterocycles. The van der Waals surface area contributed by atoms with Gasteiger partial charge in [-0.3, -0.25) is 4.79 Å². The second kappa shape index (κ2) is 9.39. The van der Waals surface area contributed by atoms with Crippen LogP contribution >= 0.6 is 0 Å². The summed E-state index contributed by atoms with van der Waals surface area (Å²) in [5.41, 5.74) is 0.211. The molecule has 2 N–H and O–H groups in total. The zero-order chi connectivity index (χ0) is 22.5. The molecule has 0 radical (unpaired) electrons. The molecule has 0 aliphatic heterocycles. The molecule has 0 fully saturated rings. The summed E-state index contributed by atoms with van der Waals surface area (Å²) in [5.74, 6) is -1.14. The number of ether oxygens (including phenoxy) is 1. The normalized spacial score (nSPS) is 13.2. The first-order chi connectivity index (χ1) is 13.9. The van der Waals surface area contributed by atoms with Gasteiger partial charge in [0.15, 0.2) is 0 Å². The summed E-state index contributed by atoms with van der Waals surface area (Å²) in [4.78, 5) is 11.4. The number of carbonyl (C=O) groups is 1. The number of alkyl halides is 5. The molecule has 0 aliphatic rings. The minimum absolute atomic E-state index is 0.136. The lowest BCUT2D eigenvalue weighted by molar-refractivity contribution is -0.123. The average Bonchev–Trinajstić information content (AvgIpc) is 2.65. The lowest BCUT2D eigenvalue weighted by Crippen LogP contribution is -2.33. The second-order valence-corrected chi connectivity index (χ2v) is 7.83. The van der Waals surface area contributed by atoms with Crippen molar-refractivity contribution in [3.8, 4) is 5.75 Å². The Balaban J connectivity index is 2.09. The number of sulfonamides is 1. The Morgan fingerprint density at radius 1 is 1.10 bits per heavy atom. The molecule has 0 saturated heterocycles. The molecule has 164 valence electrons. The van der Waals surface area contributed by atoms with Crippen LogP contribution < -0.4 is 14.8 Å². The van der Waals surface area contributed by atoms with Gasteiger partial charge in [-0.15, -0.1) is 0 Å². The molecule has 0 aliphatic carbocycles. The van der Waals surface area contributed by atoms with Crippen molar-refractivity contribution >= 4 is 15.9 Å². The number of carbonyl (C=O) groups excluding carboxylic acids is 1. The highest BCUT2D eigenvalue weighted by atomic mass is 32.2. The summed E-state index contributed by atoms with van der Waals surface area (Å²) in [7, 11) is -4.07. The molecule has 30 heavy (non-hydrogen) atoms. The number of benzene rings is 2. The Bertz CT molecular complexity index is 979. The minimum Gasteiger partial charge on any atom is -0.435 e. The molecular weight excluding hydrogens is 435 g/mol. The molecule has 0 spiro atoms. The number of hydrogen-bond acceptors (Lipinski definition) is 4. The average molecular weight is 452 g/mol. The third-order valence-corrected chi connectivity index (χ3v) is 5.35. The fourth-order valence-corrected chi connectivity index (χ4v) is 3.63. The molecule has 0 saturated carbocycles. The van der Waals surface area contributed by atoms with Crippen molar-refractivity contribution in [2.75, 3.05) is 6.54 Å². The van der Waals surface area contributed by atoms with Crippen molar-refractivity contribution in [1.82, 2.24) is 10.0 Å². The number of halogens is 5. The third kappa shape index (κ3) is 6.95. The Labute approximate surface area is 169 Å². The largest absolute Gasteiger partial charge is 0.435 e. The van der Waals surface area contributed by atoms with Crippen LogP contribution in [0.3, 0.4) is 0 Å². The van der Waals surface area contributed by atoms with Crippen molar-refractivity contribution in [2.45, 2.75) is 30.6 Å². The van der Waals surface area contributed by atoms with Gasteiger partial charge in [0.2, 0.25) is 10.0 Å². The summed E-state index contributed by atoms with van der Waals surface area (Å²) in [6, 6.07) is 8.94. The number of amides is 1. The van der Waals surface area contributed by atoms with Gasteiger partial charge in [0.25, 0.3) is 5.91 Å². The maximum atomic E-state index is 12.5. The van der Waals surface area contributed by atoms with Gasteiger partial charge in [0.05, 0.1) is 4.90 Å². The number of nitrogens with one attached hydrogen (secondary N) is 2. The van der Waals surface area contributed by atoms with Crippen molar-refractivity contribution in [3.63, 3.8) is 0 Å². The van der Waals surface area contributed by atoms with E-state index in [9.17, 15) is 35.2 Å². The summed E-state index contributed by atoms with van der Waals surface area (Å²) in [5, 5.41) is 1.68. The first-order valence-electron chi connectivity index (χ1n) is 8.39. The summed E-state index contributed by atoms with van der Waals surface area (Å²) in [6.07, 6.45) is -4.57. The van der Waals surface area contributed by atoms with Crippen molar-refractivity contribution in [2.24, 2.45) is 0 Å². The second-order valence-electron chi connectivity index (χ2n) is 6.12. The van der Waals surface area contributed by atoms with E-state index in [1.54, 1.807) is 5.32 Å². The molecule has 0 bridgehead atoms. The van der Waals surface area contributed by atoms with Crippen molar-refractivity contribution in [1.29, 1.82) is 0 Å². The molecule has 1 unspecified atom stereocenters.